The Morgan fingerprint density at radius 2 is 1.36 bits per heavy atom. The Morgan fingerprint density at radius 1 is 0.722 bits per heavy atom. The lowest BCUT2D eigenvalue weighted by molar-refractivity contribution is -0.138. The van der Waals surface area contributed by atoms with E-state index in [4.69, 9.17) is 0 Å². The van der Waals surface area contributed by atoms with Gasteiger partial charge in [0.2, 0.25) is 11.8 Å². The van der Waals surface area contributed by atoms with Gasteiger partial charge in [-0.15, -0.1) is 0 Å². The van der Waals surface area contributed by atoms with Gasteiger partial charge >= 0.3 is 0 Å². The van der Waals surface area contributed by atoms with Gasteiger partial charge in [0.05, 0.1) is 12.1 Å². The molecule has 5 rings (SSSR count). The Hall–Kier alpha value is -2.93. The summed E-state index contributed by atoms with van der Waals surface area (Å²) < 4.78 is 14.1. The molecule has 192 valence electrons. The van der Waals surface area contributed by atoms with E-state index in [9.17, 15) is 14.0 Å². The number of amides is 2. The number of anilines is 1. The number of halogens is 1. The largest absolute Gasteiger partial charge is 0.366 e. The van der Waals surface area contributed by atoms with E-state index in [1.807, 2.05) is 57.2 Å². The number of piperazine rings is 1. The minimum atomic E-state index is -0.198. The standard InChI is InChI=1S/C29H37FN4O2/c30-26-8-4-5-9-27(26)32-18-20-34(21-19-32)29(36)24-10-14-31(15-11-24)25-12-16-33(17-13-25)28(35)22-23-6-2-1-3-7-23/h1-9,24-25H,10-22H2. The third kappa shape index (κ3) is 5.72. The maximum absolute atomic E-state index is 14.1. The van der Waals surface area contributed by atoms with Crippen molar-refractivity contribution in [1.82, 2.24) is 14.7 Å². The molecule has 2 aromatic carbocycles. The van der Waals surface area contributed by atoms with E-state index in [-0.39, 0.29) is 23.5 Å². The molecule has 2 aromatic rings. The highest BCUT2D eigenvalue weighted by Gasteiger charge is 2.34. The smallest absolute Gasteiger partial charge is 0.226 e. The van der Waals surface area contributed by atoms with Gasteiger partial charge in [-0.25, -0.2) is 4.39 Å². The molecular weight excluding hydrogens is 455 g/mol. The number of rotatable bonds is 5. The number of hydrogen-bond donors (Lipinski definition) is 0. The van der Waals surface area contributed by atoms with Crippen LogP contribution in [-0.4, -0.2) is 84.9 Å². The minimum Gasteiger partial charge on any atom is -0.366 e. The monoisotopic (exact) mass is 492 g/mol. The number of nitrogens with zero attached hydrogens (tertiary/aromatic N) is 4. The topological polar surface area (TPSA) is 47.1 Å². The highest BCUT2D eigenvalue weighted by atomic mass is 19.1. The fraction of sp³-hybridized carbons (Fsp3) is 0.517. The van der Waals surface area contributed by atoms with Crippen LogP contribution >= 0.6 is 0 Å². The second-order valence-corrected chi connectivity index (χ2v) is 10.3. The lowest BCUT2D eigenvalue weighted by atomic mass is 9.92. The van der Waals surface area contributed by atoms with Gasteiger partial charge in [-0.2, -0.15) is 0 Å². The molecule has 0 aliphatic carbocycles. The molecule has 36 heavy (non-hydrogen) atoms. The van der Waals surface area contributed by atoms with E-state index in [1.54, 1.807) is 6.07 Å². The predicted molar refractivity (Wildman–Crippen MR) is 139 cm³/mol. The van der Waals surface area contributed by atoms with Gasteiger partial charge in [-0.05, 0) is 56.5 Å². The number of carbonyl (C=O) groups excluding carboxylic acids is 2. The van der Waals surface area contributed by atoms with Crippen molar-refractivity contribution in [2.45, 2.75) is 38.1 Å². The fourth-order valence-electron chi connectivity index (χ4n) is 6.01. The van der Waals surface area contributed by atoms with Crippen molar-refractivity contribution in [2.75, 3.05) is 57.3 Å². The zero-order valence-corrected chi connectivity index (χ0v) is 21.0. The van der Waals surface area contributed by atoms with Gasteiger partial charge < -0.3 is 19.6 Å². The summed E-state index contributed by atoms with van der Waals surface area (Å²) in [5, 5.41) is 0. The molecule has 2 amide bonds. The first-order chi connectivity index (χ1) is 17.6. The number of para-hydroxylation sites is 1. The zero-order chi connectivity index (χ0) is 24.9. The zero-order valence-electron chi connectivity index (χ0n) is 21.0. The Morgan fingerprint density at radius 3 is 2.03 bits per heavy atom. The summed E-state index contributed by atoms with van der Waals surface area (Å²) in [4.78, 5) is 34.4. The normalized spacial score (nSPS) is 20.5. The molecule has 3 heterocycles. The quantitative estimate of drug-likeness (QED) is 0.642. The average Bonchev–Trinajstić information content (AvgIpc) is 2.94. The SMILES string of the molecule is O=C(Cc1ccccc1)N1CCC(N2CCC(C(=O)N3CCN(c4ccccc4F)CC3)CC2)CC1. The molecule has 0 atom stereocenters. The highest BCUT2D eigenvalue weighted by molar-refractivity contribution is 5.79. The average molecular weight is 493 g/mol. The van der Waals surface area contributed by atoms with Crippen molar-refractivity contribution >= 4 is 17.5 Å². The second kappa shape index (κ2) is 11.4. The van der Waals surface area contributed by atoms with Crippen LogP contribution in [-0.2, 0) is 16.0 Å². The lowest BCUT2D eigenvalue weighted by Gasteiger charge is -2.43. The molecule has 0 radical (unpaired) electrons. The number of hydrogen-bond acceptors (Lipinski definition) is 4. The summed E-state index contributed by atoms with van der Waals surface area (Å²) >= 11 is 0. The summed E-state index contributed by atoms with van der Waals surface area (Å²) in [6, 6.07) is 17.3. The van der Waals surface area contributed by atoms with Crippen LogP contribution in [0, 0.1) is 11.7 Å². The molecule has 0 spiro atoms. The first-order valence-electron chi connectivity index (χ1n) is 13.4. The Bertz CT molecular complexity index is 1020. The lowest BCUT2D eigenvalue weighted by Crippen LogP contribution is -2.53. The van der Waals surface area contributed by atoms with Crippen LogP contribution in [0.15, 0.2) is 54.6 Å². The van der Waals surface area contributed by atoms with Crippen LogP contribution in [0.2, 0.25) is 0 Å². The number of likely N-dealkylation sites (tertiary alicyclic amines) is 2. The molecule has 3 aliphatic rings. The third-order valence-electron chi connectivity index (χ3n) is 8.20. The van der Waals surface area contributed by atoms with Crippen LogP contribution in [0.25, 0.3) is 0 Å². The summed E-state index contributed by atoms with van der Waals surface area (Å²) in [5.41, 5.74) is 1.70. The summed E-state index contributed by atoms with van der Waals surface area (Å²) in [7, 11) is 0. The van der Waals surface area contributed by atoms with Crippen molar-refractivity contribution in [1.29, 1.82) is 0 Å². The van der Waals surface area contributed by atoms with Crippen LogP contribution in [0.4, 0.5) is 10.1 Å². The molecule has 7 heteroatoms. The molecule has 0 bridgehead atoms. The van der Waals surface area contributed by atoms with Crippen molar-refractivity contribution < 1.29 is 14.0 Å². The van der Waals surface area contributed by atoms with E-state index in [0.29, 0.717) is 44.3 Å². The molecule has 3 aliphatic heterocycles. The van der Waals surface area contributed by atoms with Crippen molar-refractivity contribution in [3.8, 4) is 0 Å². The number of benzene rings is 2. The maximum atomic E-state index is 14.1. The van der Waals surface area contributed by atoms with Gasteiger partial charge in [0.1, 0.15) is 5.82 Å². The fourth-order valence-corrected chi connectivity index (χ4v) is 6.01. The van der Waals surface area contributed by atoms with E-state index < -0.39 is 0 Å². The number of carbonyl (C=O) groups is 2. The molecular formula is C29H37FN4O2. The first-order valence-corrected chi connectivity index (χ1v) is 13.4. The van der Waals surface area contributed by atoms with Crippen LogP contribution < -0.4 is 4.90 Å². The predicted octanol–water partition coefficient (Wildman–Crippen LogP) is 3.42. The minimum absolute atomic E-state index is 0.0915. The molecule has 0 aromatic heterocycles. The van der Waals surface area contributed by atoms with Crippen molar-refractivity contribution in [2.24, 2.45) is 5.92 Å². The van der Waals surface area contributed by atoms with E-state index >= 15 is 0 Å². The molecule has 0 N–H and O–H groups in total. The molecule has 6 nitrogen and oxygen atoms in total. The highest BCUT2D eigenvalue weighted by Crippen LogP contribution is 2.27. The molecule has 3 saturated heterocycles. The van der Waals surface area contributed by atoms with Crippen molar-refractivity contribution in [3.05, 3.63) is 66.0 Å². The van der Waals surface area contributed by atoms with Gasteiger partial charge in [-0.3, -0.25) is 9.59 Å². The van der Waals surface area contributed by atoms with E-state index in [1.165, 1.54) is 6.07 Å². The summed E-state index contributed by atoms with van der Waals surface area (Å²) in [6.45, 7) is 6.21. The maximum Gasteiger partial charge on any atom is 0.226 e. The van der Waals surface area contributed by atoms with Crippen molar-refractivity contribution in [3.63, 3.8) is 0 Å². The van der Waals surface area contributed by atoms with Crippen LogP contribution in [0.1, 0.15) is 31.2 Å². The second-order valence-electron chi connectivity index (χ2n) is 10.3. The van der Waals surface area contributed by atoms with Gasteiger partial charge in [0.25, 0.3) is 0 Å². The van der Waals surface area contributed by atoms with Gasteiger partial charge in [0.15, 0.2) is 0 Å². The van der Waals surface area contributed by atoms with Gasteiger partial charge in [-0.1, -0.05) is 42.5 Å². The summed E-state index contributed by atoms with van der Waals surface area (Å²) in [6.07, 6.45) is 4.31. The number of piperidine rings is 2. The molecule has 0 unspecified atom stereocenters. The van der Waals surface area contributed by atoms with Crippen LogP contribution in [0.3, 0.4) is 0 Å². The Kier molecular flexibility index (Phi) is 7.85. The Balaban J connectivity index is 1.04. The van der Waals surface area contributed by atoms with Gasteiger partial charge in [0, 0.05) is 51.2 Å². The molecule has 3 fully saturated rings. The summed E-state index contributed by atoms with van der Waals surface area (Å²) in [5.74, 6) is 0.382. The Labute approximate surface area is 213 Å². The van der Waals surface area contributed by atoms with Crippen LogP contribution in [0.5, 0.6) is 0 Å². The molecule has 0 saturated carbocycles. The first kappa shape index (κ1) is 24.8. The van der Waals surface area contributed by atoms with E-state index in [0.717, 1.165) is 57.4 Å². The van der Waals surface area contributed by atoms with E-state index in [2.05, 4.69) is 4.90 Å². The third-order valence-corrected chi connectivity index (χ3v) is 8.20.